The van der Waals surface area contributed by atoms with Gasteiger partial charge < -0.3 is 10.4 Å². The molecule has 4 nitrogen and oxygen atoms in total. The number of carbonyl (C=O) groups excluding carboxylic acids is 1. The Morgan fingerprint density at radius 2 is 2.22 bits per heavy atom. The summed E-state index contributed by atoms with van der Waals surface area (Å²) in [7, 11) is 0. The molecule has 1 aromatic carbocycles. The second kappa shape index (κ2) is 6.81. The van der Waals surface area contributed by atoms with E-state index in [0.717, 1.165) is 5.56 Å². The highest BCUT2D eigenvalue weighted by Gasteiger charge is 2.10. The van der Waals surface area contributed by atoms with Gasteiger partial charge in [0, 0.05) is 17.6 Å². The standard InChI is InChI=1S/C13H14ClNO3/c1-9(13(17)18)8-15-12(16)6-5-10-3-2-4-11(14)7-10/h2-7,9H,8H2,1H3,(H,15,16)(H,17,18)/b6-5+. The minimum Gasteiger partial charge on any atom is -0.481 e. The molecule has 0 bridgehead atoms. The third-order valence-electron chi connectivity index (χ3n) is 2.28. The number of amides is 1. The van der Waals surface area contributed by atoms with Crippen molar-refractivity contribution in [2.45, 2.75) is 6.92 Å². The van der Waals surface area contributed by atoms with Gasteiger partial charge in [0.25, 0.3) is 0 Å². The molecule has 0 saturated heterocycles. The molecular weight excluding hydrogens is 254 g/mol. The zero-order valence-electron chi connectivity index (χ0n) is 9.89. The summed E-state index contributed by atoms with van der Waals surface area (Å²) in [6.07, 6.45) is 2.97. The number of carboxylic acids is 1. The first kappa shape index (κ1) is 14.3. The largest absolute Gasteiger partial charge is 0.481 e. The van der Waals surface area contributed by atoms with E-state index in [4.69, 9.17) is 16.7 Å². The van der Waals surface area contributed by atoms with Crippen LogP contribution in [0.4, 0.5) is 0 Å². The van der Waals surface area contributed by atoms with Gasteiger partial charge in [-0.05, 0) is 23.8 Å². The van der Waals surface area contributed by atoms with Crippen LogP contribution in [0.2, 0.25) is 5.02 Å². The molecule has 1 atom stereocenters. The fourth-order valence-corrected chi connectivity index (χ4v) is 1.38. The van der Waals surface area contributed by atoms with E-state index in [9.17, 15) is 9.59 Å². The maximum absolute atomic E-state index is 11.4. The third-order valence-corrected chi connectivity index (χ3v) is 2.51. The van der Waals surface area contributed by atoms with Gasteiger partial charge >= 0.3 is 5.97 Å². The highest BCUT2D eigenvalue weighted by Crippen LogP contribution is 2.11. The van der Waals surface area contributed by atoms with E-state index in [0.29, 0.717) is 5.02 Å². The van der Waals surface area contributed by atoms with Crippen molar-refractivity contribution in [3.63, 3.8) is 0 Å². The molecule has 0 heterocycles. The molecule has 0 fully saturated rings. The minimum absolute atomic E-state index is 0.105. The Morgan fingerprint density at radius 1 is 1.50 bits per heavy atom. The van der Waals surface area contributed by atoms with Crippen LogP contribution in [0.5, 0.6) is 0 Å². The zero-order valence-corrected chi connectivity index (χ0v) is 10.6. The monoisotopic (exact) mass is 267 g/mol. The molecule has 1 unspecified atom stereocenters. The number of benzene rings is 1. The highest BCUT2D eigenvalue weighted by molar-refractivity contribution is 6.30. The van der Waals surface area contributed by atoms with Crippen molar-refractivity contribution in [2.24, 2.45) is 5.92 Å². The van der Waals surface area contributed by atoms with Crippen molar-refractivity contribution in [1.29, 1.82) is 0 Å². The van der Waals surface area contributed by atoms with E-state index >= 15 is 0 Å². The number of carbonyl (C=O) groups is 2. The molecule has 5 heteroatoms. The topological polar surface area (TPSA) is 66.4 Å². The van der Waals surface area contributed by atoms with E-state index in [-0.39, 0.29) is 12.5 Å². The van der Waals surface area contributed by atoms with Gasteiger partial charge in [-0.1, -0.05) is 30.7 Å². The SMILES string of the molecule is CC(CNC(=O)/C=C/c1cccc(Cl)c1)C(=O)O. The molecule has 2 N–H and O–H groups in total. The quantitative estimate of drug-likeness (QED) is 0.804. The summed E-state index contributed by atoms with van der Waals surface area (Å²) in [5, 5.41) is 11.8. The van der Waals surface area contributed by atoms with Crippen LogP contribution in [0.25, 0.3) is 6.08 Å². The molecule has 1 aromatic rings. The van der Waals surface area contributed by atoms with Gasteiger partial charge in [-0.25, -0.2) is 0 Å². The first-order valence-corrected chi connectivity index (χ1v) is 5.81. The van der Waals surface area contributed by atoms with Crippen LogP contribution in [0.1, 0.15) is 12.5 Å². The Labute approximate surface area is 110 Å². The molecule has 0 spiro atoms. The van der Waals surface area contributed by atoms with Crippen LogP contribution >= 0.6 is 11.6 Å². The van der Waals surface area contributed by atoms with Crippen molar-refractivity contribution in [3.05, 3.63) is 40.9 Å². The Bertz CT molecular complexity index is 471. The Morgan fingerprint density at radius 3 is 2.83 bits per heavy atom. The average molecular weight is 268 g/mol. The van der Waals surface area contributed by atoms with E-state index in [1.807, 2.05) is 6.07 Å². The first-order valence-electron chi connectivity index (χ1n) is 5.43. The van der Waals surface area contributed by atoms with Crippen LogP contribution in [0, 0.1) is 5.92 Å². The second-order valence-electron chi connectivity index (χ2n) is 3.87. The summed E-state index contributed by atoms with van der Waals surface area (Å²) >= 11 is 5.80. The van der Waals surface area contributed by atoms with Crippen molar-refractivity contribution < 1.29 is 14.7 Å². The molecule has 0 aliphatic carbocycles. The number of halogens is 1. The maximum atomic E-state index is 11.4. The van der Waals surface area contributed by atoms with Gasteiger partial charge in [-0.15, -0.1) is 0 Å². The molecule has 1 rings (SSSR count). The molecule has 1 amide bonds. The van der Waals surface area contributed by atoms with Crippen molar-refractivity contribution in [3.8, 4) is 0 Å². The maximum Gasteiger partial charge on any atom is 0.308 e. The van der Waals surface area contributed by atoms with E-state index in [1.165, 1.54) is 13.0 Å². The lowest BCUT2D eigenvalue weighted by Crippen LogP contribution is -2.30. The number of nitrogens with one attached hydrogen (secondary N) is 1. The van der Waals surface area contributed by atoms with Crippen LogP contribution in [-0.4, -0.2) is 23.5 Å². The molecule has 0 aromatic heterocycles. The summed E-state index contributed by atoms with van der Waals surface area (Å²) in [5.74, 6) is -1.87. The highest BCUT2D eigenvalue weighted by atomic mass is 35.5. The number of carboxylic acid groups (broad SMARTS) is 1. The lowest BCUT2D eigenvalue weighted by atomic mass is 10.2. The van der Waals surface area contributed by atoms with Crippen molar-refractivity contribution in [2.75, 3.05) is 6.54 Å². The summed E-state index contributed by atoms with van der Waals surface area (Å²) < 4.78 is 0. The molecule has 0 aliphatic rings. The Kier molecular flexibility index (Phi) is 5.39. The number of aliphatic carboxylic acids is 1. The Balaban J connectivity index is 2.47. The molecule has 0 radical (unpaired) electrons. The number of hydrogen-bond acceptors (Lipinski definition) is 2. The molecule has 0 saturated carbocycles. The molecule has 96 valence electrons. The van der Waals surface area contributed by atoms with E-state index in [1.54, 1.807) is 24.3 Å². The Hall–Kier alpha value is -1.81. The van der Waals surface area contributed by atoms with Gasteiger partial charge in [0.15, 0.2) is 0 Å². The normalized spacial score (nSPS) is 12.3. The fourth-order valence-electron chi connectivity index (χ4n) is 1.18. The lowest BCUT2D eigenvalue weighted by Gasteiger charge is -2.05. The first-order chi connectivity index (χ1) is 8.49. The van der Waals surface area contributed by atoms with Crippen LogP contribution in [0.3, 0.4) is 0 Å². The average Bonchev–Trinajstić information content (AvgIpc) is 2.33. The molecule has 0 aliphatic heterocycles. The summed E-state index contributed by atoms with van der Waals surface area (Å²) in [6.45, 7) is 1.64. The zero-order chi connectivity index (χ0) is 13.5. The fraction of sp³-hybridized carbons (Fsp3) is 0.231. The number of rotatable bonds is 5. The smallest absolute Gasteiger partial charge is 0.308 e. The predicted molar refractivity (Wildman–Crippen MR) is 70.3 cm³/mol. The van der Waals surface area contributed by atoms with Crippen molar-refractivity contribution in [1.82, 2.24) is 5.32 Å². The van der Waals surface area contributed by atoms with E-state index in [2.05, 4.69) is 5.32 Å². The predicted octanol–water partition coefficient (Wildman–Crippen LogP) is 2.19. The molecule has 18 heavy (non-hydrogen) atoms. The second-order valence-corrected chi connectivity index (χ2v) is 4.31. The third kappa shape index (κ3) is 5.01. The van der Waals surface area contributed by atoms with Gasteiger partial charge in [0.2, 0.25) is 5.91 Å². The summed E-state index contributed by atoms with van der Waals surface area (Å²) in [5.41, 5.74) is 0.809. The van der Waals surface area contributed by atoms with Gasteiger partial charge in [-0.2, -0.15) is 0 Å². The van der Waals surface area contributed by atoms with Gasteiger partial charge in [-0.3, -0.25) is 9.59 Å². The summed E-state index contributed by atoms with van der Waals surface area (Å²) in [4.78, 5) is 21.9. The minimum atomic E-state index is -0.936. The van der Waals surface area contributed by atoms with Crippen molar-refractivity contribution >= 4 is 29.6 Å². The van der Waals surface area contributed by atoms with E-state index < -0.39 is 11.9 Å². The van der Waals surface area contributed by atoms with Crippen LogP contribution < -0.4 is 5.32 Å². The lowest BCUT2D eigenvalue weighted by molar-refractivity contribution is -0.141. The van der Waals surface area contributed by atoms with Gasteiger partial charge in [0.05, 0.1) is 5.92 Å². The van der Waals surface area contributed by atoms with Crippen LogP contribution in [-0.2, 0) is 9.59 Å². The number of hydrogen-bond donors (Lipinski definition) is 2. The molecular formula is C13H14ClNO3. The van der Waals surface area contributed by atoms with Gasteiger partial charge in [0.1, 0.15) is 0 Å². The van der Waals surface area contributed by atoms with Crippen LogP contribution in [0.15, 0.2) is 30.3 Å². The summed E-state index contributed by atoms with van der Waals surface area (Å²) in [6, 6.07) is 7.07.